The number of nitrogens with one attached hydrogen (secondary N) is 1. The van der Waals surface area contributed by atoms with Crippen LogP contribution in [0.3, 0.4) is 0 Å². The first-order valence-electron chi connectivity index (χ1n) is 6.30. The highest BCUT2D eigenvalue weighted by molar-refractivity contribution is 7.12. The molecule has 0 radical (unpaired) electrons. The Labute approximate surface area is 126 Å². The number of thiophene rings is 1. The highest BCUT2D eigenvalue weighted by Crippen LogP contribution is 2.31. The van der Waals surface area contributed by atoms with Crippen molar-refractivity contribution in [2.75, 3.05) is 5.32 Å². The van der Waals surface area contributed by atoms with E-state index in [9.17, 15) is 10.1 Å². The molecule has 4 nitrogen and oxygen atoms in total. The molecule has 1 heterocycles. The van der Waals surface area contributed by atoms with Crippen molar-refractivity contribution in [1.82, 2.24) is 0 Å². The van der Waals surface area contributed by atoms with Gasteiger partial charge in [-0.3, -0.25) is 10.1 Å². The van der Waals surface area contributed by atoms with E-state index in [-0.39, 0.29) is 11.7 Å². The number of nitro benzene ring substituents is 1. The van der Waals surface area contributed by atoms with Gasteiger partial charge in [0, 0.05) is 21.9 Å². The lowest BCUT2D eigenvalue weighted by molar-refractivity contribution is -0.384. The molecule has 0 saturated heterocycles. The number of nitro groups is 1. The summed E-state index contributed by atoms with van der Waals surface area (Å²) in [5, 5.41) is 14.3. The molecule has 0 saturated carbocycles. The van der Waals surface area contributed by atoms with Crippen molar-refractivity contribution in [3.8, 4) is 0 Å². The zero-order valence-electron chi connectivity index (χ0n) is 11.2. The maximum Gasteiger partial charge on any atom is 0.271 e. The van der Waals surface area contributed by atoms with Gasteiger partial charge in [-0.15, -0.1) is 11.3 Å². The second-order valence-electron chi connectivity index (χ2n) is 4.44. The lowest BCUT2D eigenvalue weighted by Crippen LogP contribution is -2.05. The van der Waals surface area contributed by atoms with Gasteiger partial charge in [-0.05, 0) is 31.5 Å². The number of rotatable bonds is 5. The van der Waals surface area contributed by atoms with Crippen molar-refractivity contribution in [3.63, 3.8) is 0 Å². The maximum absolute atomic E-state index is 10.7. The van der Waals surface area contributed by atoms with Crippen LogP contribution in [0.25, 0.3) is 0 Å². The quantitative estimate of drug-likeness (QED) is 0.621. The smallest absolute Gasteiger partial charge is 0.271 e. The predicted octanol–water partition coefficient (Wildman–Crippen LogP) is 5.05. The van der Waals surface area contributed by atoms with Gasteiger partial charge in [0.15, 0.2) is 0 Å². The molecule has 2 rings (SSSR count). The van der Waals surface area contributed by atoms with Crippen LogP contribution in [0.1, 0.15) is 29.6 Å². The molecular weight excluding hydrogens is 296 g/mol. The Morgan fingerprint density at radius 1 is 1.40 bits per heavy atom. The molecule has 0 spiro atoms. The average molecular weight is 311 g/mol. The minimum absolute atomic E-state index is 0.00223. The van der Waals surface area contributed by atoms with Gasteiger partial charge in [-0.2, -0.15) is 0 Å². The molecule has 1 aromatic heterocycles. The van der Waals surface area contributed by atoms with Crippen LogP contribution in [0.15, 0.2) is 30.3 Å². The Hall–Kier alpha value is -1.59. The molecule has 1 N–H and O–H groups in total. The molecule has 0 amide bonds. The third kappa shape index (κ3) is 3.29. The molecule has 0 aliphatic heterocycles. The summed E-state index contributed by atoms with van der Waals surface area (Å²) in [6, 6.07) is 8.79. The van der Waals surface area contributed by atoms with Crippen LogP contribution < -0.4 is 5.32 Å². The van der Waals surface area contributed by atoms with E-state index in [4.69, 9.17) is 11.6 Å². The molecule has 106 valence electrons. The van der Waals surface area contributed by atoms with Crippen molar-refractivity contribution in [2.45, 2.75) is 26.3 Å². The third-order valence-corrected chi connectivity index (χ3v) is 4.72. The minimum atomic E-state index is -0.452. The van der Waals surface area contributed by atoms with Crippen LogP contribution in [-0.4, -0.2) is 4.92 Å². The van der Waals surface area contributed by atoms with Gasteiger partial charge in [0.2, 0.25) is 0 Å². The van der Waals surface area contributed by atoms with Crippen molar-refractivity contribution in [1.29, 1.82) is 0 Å². The Morgan fingerprint density at radius 2 is 2.15 bits per heavy atom. The number of aryl methyl sites for hydroxylation is 1. The first-order chi connectivity index (χ1) is 9.51. The van der Waals surface area contributed by atoms with Crippen LogP contribution in [0.4, 0.5) is 11.4 Å². The summed E-state index contributed by atoms with van der Waals surface area (Å²) in [4.78, 5) is 12.8. The van der Waals surface area contributed by atoms with Gasteiger partial charge >= 0.3 is 0 Å². The Kier molecular flexibility index (Phi) is 4.62. The van der Waals surface area contributed by atoms with E-state index in [2.05, 4.69) is 24.4 Å². The maximum atomic E-state index is 10.7. The summed E-state index contributed by atoms with van der Waals surface area (Å²) in [6.45, 7) is 4.17. The SMILES string of the molecule is CCc1ccc(C(C)Nc2ccc([N+](=O)[O-])cc2Cl)s1. The third-order valence-electron chi connectivity index (χ3n) is 2.99. The number of halogens is 1. The Morgan fingerprint density at radius 3 is 2.70 bits per heavy atom. The van der Waals surface area contributed by atoms with E-state index >= 15 is 0 Å². The normalized spacial score (nSPS) is 12.2. The van der Waals surface area contributed by atoms with Crippen molar-refractivity contribution < 1.29 is 4.92 Å². The Bertz CT molecular complexity index is 627. The first kappa shape index (κ1) is 14.8. The predicted molar refractivity (Wildman–Crippen MR) is 83.8 cm³/mol. The van der Waals surface area contributed by atoms with Crippen LogP contribution in [0, 0.1) is 10.1 Å². The molecule has 0 fully saturated rings. The van der Waals surface area contributed by atoms with Crippen LogP contribution in [0.5, 0.6) is 0 Å². The van der Waals surface area contributed by atoms with Crippen LogP contribution in [-0.2, 0) is 6.42 Å². The van der Waals surface area contributed by atoms with E-state index in [0.717, 1.165) is 6.42 Å². The van der Waals surface area contributed by atoms with Gasteiger partial charge in [-0.25, -0.2) is 0 Å². The van der Waals surface area contributed by atoms with Crippen molar-refractivity contribution in [3.05, 3.63) is 55.2 Å². The molecule has 2 aromatic rings. The minimum Gasteiger partial charge on any atom is -0.376 e. The van der Waals surface area contributed by atoms with Crippen LogP contribution >= 0.6 is 22.9 Å². The topological polar surface area (TPSA) is 55.2 Å². The summed E-state index contributed by atoms with van der Waals surface area (Å²) < 4.78 is 0. The van der Waals surface area contributed by atoms with Crippen molar-refractivity contribution in [2.24, 2.45) is 0 Å². The average Bonchev–Trinajstić information content (AvgIpc) is 2.89. The highest BCUT2D eigenvalue weighted by Gasteiger charge is 2.13. The molecule has 0 aliphatic carbocycles. The fraction of sp³-hybridized carbons (Fsp3) is 0.286. The van der Waals surface area contributed by atoms with E-state index in [1.54, 1.807) is 17.4 Å². The monoisotopic (exact) mass is 310 g/mol. The molecule has 1 atom stereocenters. The van der Waals surface area contributed by atoms with Crippen LogP contribution in [0.2, 0.25) is 5.02 Å². The highest BCUT2D eigenvalue weighted by atomic mass is 35.5. The molecule has 0 bridgehead atoms. The second-order valence-corrected chi connectivity index (χ2v) is 6.05. The lowest BCUT2D eigenvalue weighted by Gasteiger charge is -2.14. The molecular formula is C14H15ClN2O2S. The van der Waals surface area contributed by atoms with Gasteiger partial charge in [0.25, 0.3) is 5.69 Å². The van der Waals surface area contributed by atoms with E-state index in [1.165, 1.54) is 21.9 Å². The number of benzene rings is 1. The van der Waals surface area contributed by atoms with E-state index in [0.29, 0.717) is 10.7 Å². The summed E-state index contributed by atoms with van der Waals surface area (Å²) in [6.07, 6.45) is 1.02. The zero-order chi connectivity index (χ0) is 14.7. The summed E-state index contributed by atoms with van der Waals surface area (Å²) >= 11 is 7.83. The fourth-order valence-corrected chi connectivity index (χ4v) is 3.04. The van der Waals surface area contributed by atoms with Gasteiger partial charge in [0.05, 0.1) is 21.7 Å². The summed E-state index contributed by atoms with van der Waals surface area (Å²) in [5.41, 5.74) is 0.703. The number of anilines is 1. The Balaban J connectivity index is 2.15. The summed E-state index contributed by atoms with van der Waals surface area (Å²) in [5.74, 6) is 0. The standard InChI is InChI=1S/C14H15ClN2O2S/c1-3-11-5-7-14(20-11)9(2)16-13-6-4-10(17(18)19)8-12(13)15/h4-9,16H,3H2,1-2H3. The largest absolute Gasteiger partial charge is 0.376 e. The van der Waals surface area contributed by atoms with Gasteiger partial charge in [0.1, 0.15) is 0 Å². The van der Waals surface area contributed by atoms with E-state index < -0.39 is 4.92 Å². The number of non-ortho nitro benzene ring substituents is 1. The summed E-state index contributed by atoms with van der Waals surface area (Å²) in [7, 11) is 0. The number of hydrogen-bond acceptors (Lipinski definition) is 4. The van der Waals surface area contributed by atoms with Gasteiger partial charge in [-0.1, -0.05) is 18.5 Å². The molecule has 20 heavy (non-hydrogen) atoms. The van der Waals surface area contributed by atoms with Gasteiger partial charge < -0.3 is 5.32 Å². The second kappa shape index (κ2) is 6.24. The number of hydrogen-bond donors (Lipinski definition) is 1. The zero-order valence-corrected chi connectivity index (χ0v) is 12.8. The van der Waals surface area contributed by atoms with Crippen molar-refractivity contribution >= 4 is 34.3 Å². The fourth-order valence-electron chi connectivity index (χ4n) is 1.86. The molecule has 0 aliphatic rings. The first-order valence-corrected chi connectivity index (χ1v) is 7.49. The molecule has 1 aromatic carbocycles. The van der Waals surface area contributed by atoms with E-state index in [1.807, 2.05) is 6.92 Å². The molecule has 6 heteroatoms. The molecule has 1 unspecified atom stereocenters. The number of nitrogens with zero attached hydrogens (tertiary/aromatic N) is 1. The lowest BCUT2D eigenvalue weighted by atomic mass is 10.2.